The van der Waals surface area contributed by atoms with Crippen molar-refractivity contribution in [3.8, 4) is 17.1 Å². The van der Waals surface area contributed by atoms with Gasteiger partial charge in [-0.3, -0.25) is 19.2 Å². The van der Waals surface area contributed by atoms with Gasteiger partial charge in [-0.25, -0.2) is 0 Å². The lowest BCUT2D eigenvalue weighted by atomic mass is 9.99. The number of benzene rings is 2. The number of esters is 4. The normalized spacial score (nSPS) is 21.4. The third kappa shape index (κ3) is 8.20. The van der Waals surface area contributed by atoms with Crippen LogP contribution in [-0.4, -0.2) is 86.5 Å². The zero-order valence-electron chi connectivity index (χ0n) is 24.2. The second-order valence-corrected chi connectivity index (χ2v) is 10.5. The van der Waals surface area contributed by atoms with Crippen molar-refractivity contribution in [3.05, 3.63) is 60.2 Å². The van der Waals surface area contributed by atoms with E-state index in [1.165, 1.54) is 23.9 Å². The number of hydrogen-bond acceptors (Lipinski definition) is 14. The first kappa shape index (κ1) is 32.2. The number of rotatable bonds is 10. The van der Waals surface area contributed by atoms with Crippen LogP contribution in [0.1, 0.15) is 33.3 Å². The molecule has 4 rings (SSSR count). The van der Waals surface area contributed by atoms with Gasteiger partial charge in [-0.05, 0) is 23.9 Å². The maximum Gasteiger partial charge on any atom is 0.303 e. The van der Waals surface area contributed by atoms with Crippen molar-refractivity contribution in [2.75, 3.05) is 6.61 Å². The first-order chi connectivity index (χ1) is 21.0. The topological polar surface area (TPSA) is 178 Å². The molecule has 0 bridgehead atoms. The molecular formula is C29H30N4O10S. The molecule has 1 N–H and O–H groups in total. The van der Waals surface area contributed by atoms with E-state index < -0.39 is 53.7 Å². The Morgan fingerprint density at radius 3 is 2.11 bits per heavy atom. The van der Waals surface area contributed by atoms with E-state index in [1.54, 1.807) is 30.3 Å². The monoisotopic (exact) mass is 626 g/mol. The molecule has 1 aliphatic rings. The molecular weight excluding hydrogens is 596 g/mol. The number of ether oxygens (including phenoxy) is 5. The highest BCUT2D eigenvalue weighted by Gasteiger charge is 2.53. The molecule has 0 amide bonds. The van der Waals surface area contributed by atoms with Gasteiger partial charge in [0.2, 0.25) is 5.16 Å². The van der Waals surface area contributed by atoms with Crippen LogP contribution in [0.25, 0.3) is 11.4 Å². The summed E-state index contributed by atoms with van der Waals surface area (Å²) in [6.45, 7) is 4.26. The van der Waals surface area contributed by atoms with Crippen molar-refractivity contribution in [2.45, 2.75) is 62.7 Å². The van der Waals surface area contributed by atoms with E-state index in [9.17, 15) is 24.3 Å². The van der Waals surface area contributed by atoms with Crippen molar-refractivity contribution in [2.24, 2.45) is 5.10 Å². The van der Waals surface area contributed by atoms with Crippen LogP contribution >= 0.6 is 11.8 Å². The molecule has 3 aromatic rings. The molecule has 1 saturated heterocycles. The van der Waals surface area contributed by atoms with Crippen LogP contribution in [0, 0.1) is 0 Å². The standard InChI is InChI=1S/C29H30N4O10S/c1-16(34)39-15-23-24(40-17(2)35)25(41-18(3)36)26(42-19(4)37)28(43-23)44-29-32-31-27(20-10-6-5-7-11-20)33(29)30-14-21-12-8-9-13-22(21)38/h5-14,23-26,28,38H,15H2,1-4H3/b30-14+/t23-,24-,25+,26-,28+/m1/s1. The first-order valence-electron chi connectivity index (χ1n) is 13.3. The molecule has 1 aliphatic heterocycles. The van der Waals surface area contributed by atoms with E-state index in [1.807, 2.05) is 18.2 Å². The number of carbonyl (C=O) groups is 4. The Balaban J connectivity index is 1.79. The first-order valence-corrected chi connectivity index (χ1v) is 14.2. The predicted molar refractivity (Wildman–Crippen MR) is 154 cm³/mol. The molecule has 0 unspecified atom stereocenters. The zero-order chi connectivity index (χ0) is 31.8. The maximum atomic E-state index is 12.2. The van der Waals surface area contributed by atoms with Crippen LogP contribution in [0.2, 0.25) is 0 Å². The number of carbonyl (C=O) groups excluding carboxylic acids is 4. The number of aromatic hydroxyl groups is 1. The summed E-state index contributed by atoms with van der Waals surface area (Å²) in [6.07, 6.45) is -3.67. The quantitative estimate of drug-likeness (QED) is 0.198. The Kier molecular flexibility index (Phi) is 10.7. The Bertz CT molecular complexity index is 1530. The molecule has 0 radical (unpaired) electrons. The highest BCUT2D eigenvalue weighted by molar-refractivity contribution is 7.99. The van der Waals surface area contributed by atoms with Gasteiger partial charge in [0, 0.05) is 38.8 Å². The third-order valence-electron chi connectivity index (χ3n) is 6.06. The van der Waals surface area contributed by atoms with Gasteiger partial charge in [0.15, 0.2) is 29.6 Å². The van der Waals surface area contributed by atoms with Crippen LogP contribution in [0.5, 0.6) is 5.75 Å². The van der Waals surface area contributed by atoms with Crippen molar-refractivity contribution < 1.29 is 48.0 Å². The summed E-state index contributed by atoms with van der Waals surface area (Å²) in [7, 11) is 0. The van der Waals surface area contributed by atoms with Crippen molar-refractivity contribution >= 4 is 41.9 Å². The summed E-state index contributed by atoms with van der Waals surface area (Å²) in [5.41, 5.74) is -0.0613. The fourth-order valence-electron chi connectivity index (χ4n) is 4.31. The number of aromatic nitrogens is 3. The minimum atomic E-state index is -1.35. The number of nitrogens with zero attached hydrogens (tertiary/aromatic N) is 4. The summed E-state index contributed by atoms with van der Waals surface area (Å²) in [4.78, 5) is 48.1. The van der Waals surface area contributed by atoms with Crippen molar-refractivity contribution in [1.82, 2.24) is 14.9 Å². The molecule has 1 aromatic heterocycles. The SMILES string of the molecule is CC(=O)OC[C@H]1O[C@@H](Sc2nnc(-c3ccccc3)n2/N=C/c2ccccc2O)[C@H](OC(C)=O)[C@@H](OC(C)=O)[C@@H]1OC(C)=O. The fourth-order valence-corrected chi connectivity index (χ4v) is 5.39. The van der Waals surface area contributed by atoms with Gasteiger partial charge in [0.05, 0.1) is 6.21 Å². The molecule has 44 heavy (non-hydrogen) atoms. The molecule has 0 spiro atoms. The zero-order valence-corrected chi connectivity index (χ0v) is 25.0. The van der Waals surface area contributed by atoms with E-state index in [2.05, 4.69) is 15.3 Å². The number of para-hydroxylation sites is 1. The number of phenols is 1. The smallest absolute Gasteiger partial charge is 0.303 e. The highest BCUT2D eigenvalue weighted by Crippen LogP contribution is 2.38. The highest BCUT2D eigenvalue weighted by atomic mass is 32.2. The second-order valence-electron chi connectivity index (χ2n) is 9.47. The third-order valence-corrected chi connectivity index (χ3v) is 7.14. The van der Waals surface area contributed by atoms with Crippen molar-refractivity contribution in [1.29, 1.82) is 0 Å². The lowest BCUT2D eigenvalue weighted by Gasteiger charge is -2.43. The van der Waals surface area contributed by atoms with Crippen molar-refractivity contribution in [3.63, 3.8) is 0 Å². The van der Waals surface area contributed by atoms with Gasteiger partial charge in [-0.15, -0.1) is 10.2 Å². The van der Waals surface area contributed by atoms with E-state index in [-0.39, 0.29) is 17.5 Å². The summed E-state index contributed by atoms with van der Waals surface area (Å²) in [6, 6.07) is 15.7. The maximum absolute atomic E-state index is 12.2. The Morgan fingerprint density at radius 1 is 0.864 bits per heavy atom. The number of thioether (sulfide) groups is 1. The Hall–Kier alpha value is -4.76. The van der Waals surface area contributed by atoms with Crippen LogP contribution in [-0.2, 0) is 42.9 Å². The van der Waals surface area contributed by atoms with E-state index in [0.717, 1.165) is 32.5 Å². The molecule has 15 heteroatoms. The van der Waals surface area contributed by atoms with Gasteiger partial charge in [-0.2, -0.15) is 9.78 Å². The van der Waals surface area contributed by atoms with Crippen LogP contribution in [0.3, 0.4) is 0 Å². The van der Waals surface area contributed by atoms with E-state index in [0.29, 0.717) is 17.0 Å². The molecule has 0 aliphatic carbocycles. The molecule has 2 heterocycles. The number of hydrogen-bond donors (Lipinski definition) is 1. The lowest BCUT2D eigenvalue weighted by Crippen LogP contribution is -2.61. The molecule has 14 nitrogen and oxygen atoms in total. The number of phenolic OH excluding ortho intramolecular Hbond substituents is 1. The van der Waals surface area contributed by atoms with Crippen LogP contribution in [0.15, 0.2) is 64.9 Å². The summed E-state index contributed by atoms with van der Waals surface area (Å²) >= 11 is 0.927. The second kappa shape index (κ2) is 14.6. The molecule has 5 atom stereocenters. The van der Waals surface area contributed by atoms with Gasteiger partial charge in [-0.1, -0.05) is 42.5 Å². The van der Waals surface area contributed by atoms with Gasteiger partial charge in [0.1, 0.15) is 18.5 Å². The average Bonchev–Trinajstić information content (AvgIpc) is 3.36. The average molecular weight is 627 g/mol. The predicted octanol–water partition coefficient (Wildman–Crippen LogP) is 2.71. The lowest BCUT2D eigenvalue weighted by molar-refractivity contribution is -0.237. The summed E-state index contributed by atoms with van der Waals surface area (Å²) in [5, 5.41) is 23.5. The molecule has 2 aromatic carbocycles. The van der Waals surface area contributed by atoms with Gasteiger partial charge < -0.3 is 28.8 Å². The van der Waals surface area contributed by atoms with Gasteiger partial charge in [0.25, 0.3) is 0 Å². The van der Waals surface area contributed by atoms with E-state index in [4.69, 9.17) is 23.7 Å². The Morgan fingerprint density at radius 2 is 1.48 bits per heavy atom. The largest absolute Gasteiger partial charge is 0.507 e. The Labute approximate surface area is 256 Å². The van der Waals surface area contributed by atoms with Gasteiger partial charge >= 0.3 is 23.9 Å². The van der Waals surface area contributed by atoms with Crippen LogP contribution in [0.4, 0.5) is 0 Å². The summed E-state index contributed by atoms with van der Waals surface area (Å²) in [5.74, 6) is -2.50. The summed E-state index contributed by atoms with van der Waals surface area (Å²) < 4.78 is 29.3. The molecule has 232 valence electrons. The minimum Gasteiger partial charge on any atom is -0.507 e. The fraction of sp³-hybridized carbons (Fsp3) is 0.345. The van der Waals surface area contributed by atoms with E-state index >= 15 is 0 Å². The molecule has 1 fully saturated rings. The molecule has 0 saturated carbocycles. The van der Waals surface area contributed by atoms with Crippen LogP contribution < -0.4 is 0 Å². The minimum absolute atomic E-state index is 0.000579.